The Labute approximate surface area is 105 Å². The lowest BCUT2D eigenvalue weighted by molar-refractivity contribution is 0.467. The number of nitrogens with zero attached hydrogens (tertiary/aromatic N) is 2. The minimum atomic E-state index is -0.307. The van der Waals surface area contributed by atoms with Crippen molar-refractivity contribution in [3.63, 3.8) is 0 Å². The van der Waals surface area contributed by atoms with Gasteiger partial charge in [0.1, 0.15) is 5.82 Å². The molecule has 3 rings (SSSR count). The van der Waals surface area contributed by atoms with Gasteiger partial charge in [0.25, 0.3) is 0 Å². The van der Waals surface area contributed by atoms with E-state index in [0.29, 0.717) is 11.7 Å². The number of anilines is 1. The van der Waals surface area contributed by atoms with Gasteiger partial charge in [0.2, 0.25) is 0 Å². The minimum absolute atomic E-state index is 0.307. The van der Waals surface area contributed by atoms with Crippen LogP contribution in [0.1, 0.15) is 31.7 Å². The lowest BCUT2D eigenvalue weighted by atomic mass is 10.1. The van der Waals surface area contributed by atoms with Gasteiger partial charge in [0.15, 0.2) is 0 Å². The monoisotopic (exact) mass is 245 g/mol. The predicted octanol–water partition coefficient (Wildman–Crippen LogP) is 3.39. The number of hydrogen-bond acceptors (Lipinski definition) is 2. The summed E-state index contributed by atoms with van der Waals surface area (Å²) in [5, 5.41) is 4.39. The van der Waals surface area contributed by atoms with E-state index >= 15 is 0 Å². The van der Waals surface area contributed by atoms with E-state index in [0.717, 1.165) is 11.1 Å². The fourth-order valence-corrected chi connectivity index (χ4v) is 2.63. The highest BCUT2D eigenvalue weighted by atomic mass is 19.1. The first-order valence-corrected chi connectivity index (χ1v) is 6.33. The Balaban J connectivity index is 1.92. The van der Waals surface area contributed by atoms with Crippen molar-refractivity contribution in [2.45, 2.75) is 31.7 Å². The van der Waals surface area contributed by atoms with Crippen molar-refractivity contribution < 1.29 is 4.39 Å². The number of halogens is 1. The molecule has 2 N–H and O–H groups in total. The smallest absolute Gasteiger partial charge is 0.125 e. The van der Waals surface area contributed by atoms with Crippen LogP contribution in [0.4, 0.5) is 10.1 Å². The van der Waals surface area contributed by atoms with Gasteiger partial charge < -0.3 is 5.73 Å². The molecule has 2 aromatic rings. The minimum Gasteiger partial charge on any atom is -0.399 e. The first-order chi connectivity index (χ1) is 8.72. The summed E-state index contributed by atoms with van der Waals surface area (Å²) < 4.78 is 15.3. The Morgan fingerprint density at radius 1 is 1.17 bits per heavy atom. The molecular weight excluding hydrogens is 229 g/mol. The molecule has 94 valence electrons. The third-order valence-electron chi connectivity index (χ3n) is 3.55. The van der Waals surface area contributed by atoms with Crippen LogP contribution in [-0.2, 0) is 0 Å². The molecule has 3 nitrogen and oxygen atoms in total. The van der Waals surface area contributed by atoms with Crippen molar-refractivity contribution in [2.24, 2.45) is 0 Å². The molecule has 18 heavy (non-hydrogen) atoms. The number of rotatable bonds is 2. The summed E-state index contributed by atoms with van der Waals surface area (Å²) in [6, 6.07) is 5.10. The van der Waals surface area contributed by atoms with Crippen molar-refractivity contribution in [3.8, 4) is 11.1 Å². The lowest BCUT2D eigenvalue weighted by Gasteiger charge is -2.08. The van der Waals surface area contributed by atoms with Crippen LogP contribution in [0.25, 0.3) is 11.1 Å². The summed E-state index contributed by atoms with van der Waals surface area (Å²) in [5.74, 6) is -0.307. The van der Waals surface area contributed by atoms with Crippen LogP contribution in [0.5, 0.6) is 0 Å². The van der Waals surface area contributed by atoms with Crippen LogP contribution in [0, 0.1) is 5.82 Å². The molecule has 0 amide bonds. The van der Waals surface area contributed by atoms with Crippen LogP contribution in [0.2, 0.25) is 0 Å². The number of aromatic nitrogens is 2. The van der Waals surface area contributed by atoms with Crippen molar-refractivity contribution in [2.75, 3.05) is 5.73 Å². The lowest BCUT2D eigenvalue weighted by Crippen LogP contribution is -2.04. The first-order valence-electron chi connectivity index (χ1n) is 6.33. The van der Waals surface area contributed by atoms with Gasteiger partial charge in [-0.15, -0.1) is 0 Å². The zero-order valence-electron chi connectivity index (χ0n) is 10.1. The molecule has 0 bridgehead atoms. The number of nitrogens with two attached hydrogens (primary N) is 1. The zero-order valence-corrected chi connectivity index (χ0v) is 10.1. The summed E-state index contributed by atoms with van der Waals surface area (Å²) in [5.41, 5.74) is 7.81. The Hall–Kier alpha value is -1.84. The molecule has 1 heterocycles. The summed E-state index contributed by atoms with van der Waals surface area (Å²) in [6.07, 6.45) is 8.69. The third kappa shape index (κ3) is 2.10. The Bertz CT molecular complexity index is 536. The van der Waals surface area contributed by atoms with E-state index in [-0.39, 0.29) is 5.82 Å². The predicted molar refractivity (Wildman–Crippen MR) is 69.5 cm³/mol. The fraction of sp³-hybridized carbons (Fsp3) is 0.357. The summed E-state index contributed by atoms with van der Waals surface area (Å²) in [6.45, 7) is 0. The van der Waals surface area contributed by atoms with Gasteiger partial charge >= 0.3 is 0 Å². The molecule has 1 aromatic heterocycles. The normalized spacial score (nSPS) is 16.3. The Morgan fingerprint density at radius 3 is 2.67 bits per heavy atom. The van der Waals surface area contributed by atoms with Crippen LogP contribution >= 0.6 is 0 Å². The van der Waals surface area contributed by atoms with E-state index in [1.54, 1.807) is 12.3 Å². The molecule has 1 saturated carbocycles. The molecule has 4 heteroatoms. The largest absolute Gasteiger partial charge is 0.399 e. The van der Waals surface area contributed by atoms with E-state index in [2.05, 4.69) is 5.10 Å². The maximum Gasteiger partial charge on any atom is 0.125 e. The Morgan fingerprint density at radius 2 is 1.94 bits per heavy atom. The number of hydrogen-bond donors (Lipinski definition) is 1. The molecule has 0 radical (unpaired) electrons. The topological polar surface area (TPSA) is 43.8 Å². The van der Waals surface area contributed by atoms with Gasteiger partial charge in [-0.3, -0.25) is 4.68 Å². The summed E-state index contributed by atoms with van der Waals surface area (Å²) >= 11 is 0. The molecule has 0 aliphatic heterocycles. The number of benzene rings is 1. The van der Waals surface area contributed by atoms with Gasteiger partial charge in [0, 0.05) is 17.4 Å². The highest BCUT2D eigenvalue weighted by Gasteiger charge is 2.17. The molecule has 0 atom stereocenters. The standard InChI is InChI=1S/C14H16FN3/c15-12-5-10(6-13(16)7-12)11-8-17-18(9-11)14-3-1-2-4-14/h5-9,14H,1-4,16H2. The van der Waals surface area contributed by atoms with Gasteiger partial charge in [0.05, 0.1) is 12.2 Å². The van der Waals surface area contributed by atoms with Crippen LogP contribution in [0.15, 0.2) is 30.6 Å². The second-order valence-electron chi connectivity index (χ2n) is 4.92. The molecule has 1 aromatic carbocycles. The van der Waals surface area contributed by atoms with Crippen LogP contribution < -0.4 is 5.73 Å². The maximum absolute atomic E-state index is 13.3. The van der Waals surface area contributed by atoms with E-state index in [4.69, 9.17) is 5.73 Å². The second-order valence-corrected chi connectivity index (χ2v) is 4.92. The van der Waals surface area contributed by atoms with Gasteiger partial charge in [-0.1, -0.05) is 12.8 Å². The van der Waals surface area contributed by atoms with Crippen LogP contribution in [-0.4, -0.2) is 9.78 Å². The molecule has 0 unspecified atom stereocenters. The summed E-state index contributed by atoms with van der Waals surface area (Å²) in [4.78, 5) is 0. The maximum atomic E-state index is 13.3. The molecule has 1 aliphatic carbocycles. The van der Waals surface area contributed by atoms with Gasteiger partial charge in [-0.25, -0.2) is 4.39 Å². The van der Waals surface area contributed by atoms with E-state index in [9.17, 15) is 4.39 Å². The fourth-order valence-electron chi connectivity index (χ4n) is 2.63. The third-order valence-corrected chi connectivity index (χ3v) is 3.55. The van der Waals surface area contributed by atoms with Crippen molar-refractivity contribution in [1.82, 2.24) is 9.78 Å². The Kier molecular flexibility index (Phi) is 2.78. The first kappa shape index (κ1) is 11.3. The molecule has 0 spiro atoms. The van der Waals surface area contributed by atoms with E-state index in [1.807, 2.05) is 10.9 Å². The highest BCUT2D eigenvalue weighted by molar-refractivity contribution is 5.66. The highest BCUT2D eigenvalue weighted by Crippen LogP contribution is 2.30. The zero-order chi connectivity index (χ0) is 12.5. The quantitative estimate of drug-likeness (QED) is 0.824. The average molecular weight is 245 g/mol. The molecule has 0 saturated heterocycles. The van der Waals surface area contributed by atoms with E-state index in [1.165, 1.54) is 37.8 Å². The second kappa shape index (κ2) is 4.44. The van der Waals surface area contributed by atoms with Crippen molar-refractivity contribution in [1.29, 1.82) is 0 Å². The van der Waals surface area contributed by atoms with Gasteiger partial charge in [-0.05, 0) is 36.6 Å². The SMILES string of the molecule is Nc1cc(F)cc(-c2cnn(C3CCCC3)c2)c1. The summed E-state index contributed by atoms with van der Waals surface area (Å²) in [7, 11) is 0. The molecular formula is C14H16FN3. The van der Waals surface area contributed by atoms with Crippen LogP contribution in [0.3, 0.4) is 0 Å². The van der Waals surface area contributed by atoms with E-state index < -0.39 is 0 Å². The molecule has 1 aliphatic rings. The molecule has 1 fully saturated rings. The number of nitrogen functional groups attached to an aromatic ring is 1. The van der Waals surface area contributed by atoms with Gasteiger partial charge in [-0.2, -0.15) is 5.10 Å². The van der Waals surface area contributed by atoms with Crippen molar-refractivity contribution >= 4 is 5.69 Å². The van der Waals surface area contributed by atoms with Crippen molar-refractivity contribution in [3.05, 3.63) is 36.4 Å². The average Bonchev–Trinajstić information content (AvgIpc) is 2.99.